The molecule has 3 heteroatoms. The zero-order chi connectivity index (χ0) is 42.6. The number of para-hydroxylation sites is 2. The number of rotatable bonds is 5. The highest BCUT2D eigenvalue weighted by molar-refractivity contribution is 6.26. The van der Waals surface area contributed by atoms with Crippen LogP contribution in [0.1, 0.15) is 0 Å². The van der Waals surface area contributed by atoms with E-state index < -0.39 is 0 Å². The lowest BCUT2D eigenvalue weighted by Gasteiger charge is -2.26. The van der Waals surface area contributed by atoms with Crippen LogP contribution in [-0.2, 0) is 0 Å². The second-order valence-corrected chi connectivity index (χ2v) is 17.1. The molecule has 0 aliphatic rings. The van der Waals surface area contributed by atoms with Crippen LogP contribution in [0.25, 0.3) is 120 Å². The molecule has 0 N–H and O–H groups in total. The molecule has 0 aliphatic heterocycles. The van der Waals surface area contributed by atoms with Gasteiger partial charge in [-0.25, -0.2) is 0 Å². The number of hydrogen-bond acceptors (Lipinski definition) is 3. The highest BCUT2D eigenvalue weighted by atomic mass is 16.3. The van der Waals surface area contributed by atoms with E-state index in [9.17, 15) is 0 Å². The molecule has 14 aromatic rings. The van der Waals surface area contributed by atoms with Crippen molar-refractivity contribution in [3.63, 3.8) is 0 Å². The van der Waals surface area contributed by atoms with Gasteiger partial charge < -0.3 is 13.7 Å². The molecule has 0 amide bonds. The highest BCUT2D eigenvalue weighted by Crippen LogP contribution is 2.45. The second kappa shape index (κ2) is 13.9. The van der Waals surface area contributed by atoms with Crippen LogP contribution in [0.15, 0.2) is 233 Å². The lowest BCUT2D eigenvalue weighted by Crippen LogP contribution is -2.10. The van der Waals surface area contributed by atoms with Gasteiger partial charge in [-0.3, -0.25) is 0 Å². The first-order chi connectivity index (χ1) is 32.2. The normalized spacial score (nSPS) is 12.0. The summed E-state index contributed by atoms with van der Waals surface area (Å²) in [5, 5.41) is 16.6. The Balaban J connectivity index is 0.925. The van der Waals surface area contributed by atoms with Crippen LogP contribution >= 0.6 is 0 Å². The van der Waals surface area contributed by atoms with Crippen molar-refractivity contribution in [2.24, 2.45) is 0 Å². The Kier molecular flexibility index (Phi) is 7.69. The van der Waals surface area contributed by atoms with Gasteiger partial charge in [-0.15, -0.1) is 0 Å². The minimum atomic E-state index is 0.903. The van der Waals surface area contributed by atoms with Crippen molar-refractivity contribution in [2.75, 3.05) is 4.90 Å². The Morgan fingerprint density at radius 3 is 1.06 bits per heavy atom. The van der Waals surface area contributed by atoms with Gasteiger partial charge in [-0.05, 0) is 103 Å². The molecule has 0 saturated carbocycles. The molecule has 65 heavy (non-hydrogen) atoms. The van der Waals surface area contributed by atoms with Gasteiger partial charge in [0.25, 0.3) is 0 Å². The molecule has 0 spiro atoms. The van der Waals surface area contributed by atoms with Crippen molar-refractivity contribution in [2.45, 2.75) is 0 Å². The topological polar surface area (TPSA) is 29.5 Å². The van der Waals surface area contributed by atoms with Crippen LogP contribution in [0.4, 0.5) is 17.1 Å². The number of anilines is 3. The molecule has 12 aromatic carbocycles. The Hall–Kier alpha value is -8.66. The predicted molar refractivity (Wildman–Crippen MR) is 274 cm³/mol. The van der Waals surface area contributed by atoms with Gasteiger partial charge in [0.2, 0.25) is 0 Å². The highest BCUT2D eigenvalue weighted by Gasteiger charge is 2.20. The van der Waals surface area contributed by atoms with Crippen molar-refractivity contribution < 1.29 is 8.83 Å². The standard InChI is InChI=1S/C62H37NO2/c1-3-13-45-38(11-1)27-34-56-54-21-9-19-47(59(54)64-61(45)56)40-23-29-42(30-24-40)63(44-33-36-53-51-17-6-5-15-49(51)50-16-7-8-18-52(50)58(53)37-44)43-31-25-41(26-32-43)48-20-10-22-55-57-35-28-39-12-2-4-14-46(39)62(57)65-60(48)55/h1-37H. The third kappa shape index (κ3) is 5.43. The van der Waals surface area contributed by atoms with Crippen molar-refractivity contribution in [3.8, 4) is 22.3 Å². The van der Waals surface area contributed by atoms with Gasteiger partial charge in [0.1, 0.15) is 22.3 Å². The molecule has 0 aliphatic carbocycles. The average molecular weight is 828 g/mol. The molecule has 0 bridgehead atoms. The first kappa shape index (κ1) is 35.9. The summed E-state index contributed by atoms with van der Waals surface area (Å²) in [6.45, 7) is 0. The Bertz CT molecular complexity index is 4000. The zero-order valence-corrected chi connectivity index (χ0v) is 35.1. The van der Waals surface area contributed by atoms with Crippen LogP contribution in [0.5, 0.6) is 0 Å². The third-order valence-electron chi connectivity index (χ3n) is 13.6. The van der Waals surface area contributed by atoms with E-state index in [0.29, 0.717) is 0 Å². The van der Waals surface area contributed by atoms with Crippen molar-refractivity contribution in [3.05, 3.63) is 224 Å². The van der Waals surface area contributed by atoms with Crippen molar-refractivity contribution >= 4 is 115 Å². The van der Waals surface area contributed by atoms with Gasteiger partial charge in [0.05, 0.1) is 0 Å². The number of fused-ring (bicyclic) bond motifs is 16. The largest absolute Gasteiger partial charge is 0.455 e. The Morgan fingerprint density at radius 1 is 0.231 bits per heavy atom. The molecule has 3 nitrogen and oxygen atoms in total. The van der Waals surface area contributed by atoms with E-state index in [1.54, 1.807) is 0 Å². The van der Waals surface area contributed by atoms with Gasteiger partial charge in [0, 0.05) is 60.5 Å². The molecule has 14 rings (SSSR count). The Labute approximate surface area is 373 Å². The van der Waals surface area contributed by atoms with Crippen molar-refractivity contribution in [1.29, 1.82) is 0 Å². The van der Waals surface area contributed by atoms with Crippen LogP contribution in [-0.4, -0.2) is 0 Å². The number of furan rings is 2. The smallest absolute Gasteiger partial charge is 0.143 e. The SMILES string of the molecule is c1ccc2c(c1)ccc1c3cccc(-c4ccc(N(c5ccc(-c6cccc7c6oc6c8ccccc8ccc76)cc5)c5ccc6c7ccccc7c7ccccc7c6c5)cc4)c3oc21. The monoisotopic (exact) mass is 827 g/mol. The van der Waals surface area contributed by atoms with Gasteiger partial charge in [-0.2, -0.15) is 0 Å². The fraction of sp³-hybridized carbons (Fsp3) is 0. The fourth-order valence-electron chi connectivity index (χ4n) is 10.6. The molecule has 2 aromatic heterocycles. The molecule has 0 fully saturated rings. The third-order valence-corrected chi connectivity index (χ3v) is 13.6. The van der Waals surface area contributed by atoms with Crippen LogP contribution in [0, 0.1) is 0 Å². The molecule has 0 atom stereocenters. The van der Waals surface area contributed by atoms with Crippen LogP contribution < -0.4 is 4.90 Å². The summed E-state index contributed by atoms with van der Waals surface area (Å²) in [5.74, 6) is 0. The lowest BCUT2D eigenvalue weighted by atomic mass is 9.94. The minimum Gasteiger partial charge on any atom is -0.455 e. The van der Waals surface area contributed by atoms with Crippen LogP contribution in [0.2, 0.25) is 0 Å². The second-order valence-electron chi connectivity index (χ2n) is 17.1. The number of hydrogen-bond donors (Lipinski definition) is 0. The zero-order valence-electron chi connectivity index (χ0n) is 35.1. The molecular weight excluding hydrogens is 791 g/mol. The molecule has 302 valence electrons. The van der Waals surface area contributed by atoms with E-state index in [1.807, 2.05) is 0 Å². The van der Waals surface area contributed by atoms with Gasteiger partial charge >= 0.3 is 0 Å². The van der Waals surface area contributed by atoms with Crippen molar-refractivity contribution in [1.82, 2.24) is 0 Å². The maximum Gasteiger partial charge on any atom is 0.143 e. The lowest BCUT2D eigenvalue weighted by molar-refractivity contribution is 0.673. The van der Waals surface area contributed by atoms with E-state index in [2.05, 4.69) is 229 Å². The molecular formula is C62H37NO2. The first-order valence-electron chi connectivity index (χ1n) is 22.2. The summed E-state index contributed by atoms with van der Waals surface area (Å²) in [7, 11) is 0. The molecule has 0 saturated heterocycles. The van der Waals surface area contributed by atoms with E-state index in [0.717, 1.165) is 94.0 Å². The quantitative estimate of drug-likeness (QED) is 0.162. The molecule has 0 unspecified atom stereocenters. The van der Waals surface area contributed by atoms with E-state index >= 15 is 0 Å². The fourth-order valence-corrected chi connectivity index (χ4v) is 10.6. The summed E-state index contributed by atoms with van der Waals surface area (Å²) in [5.41, 5.74) is 11.2. The maximum absolute atomic E-state index is 6.77. The Morgan fingerprint density at radius 2 is 0.585 bits per heavy atom. The molecule has 0 radical (unpaired) electrons. The van der Waals surface area contributed by atoms with Gasteiger partial charge in [-0.1, -0.05) is 176 Å². The molecule has 2 heterocycles. The summed E-state index contributed by atoms with van der Waals surface area (Å²) in [4.78, 5) is 2.37. The summed E-state index contributed by atoms with van der Waals surface area (Å²) >= 11 is 0. The van der Waals surface area contributed by atoms with E-state index in [1.165, 1.54) is 43.1 Å². The minimum absolute atomic E-state index is 0.903. The predicted octanol–water partition coefficient (Wildman–Crippen LogP) is 18.1. The van der Waals surface area contributed by atoms with E-state index in [-0.39, 0.29) is 0 Å². The maximum atomic E-state index is 6.77. The number of benzene rings is 12. The number of nitrogens with zero attached hydrogens (tertiary/aromatic N) is 1. The first-order valence-corrected chi connectivity index (χ1v) is 22.2. The van der Waals surface area contributed by atoms with Gasteiger partial charge in [0.15, 0.2) is 0 Å². The summed E-state index contributed by atoms with van der Waals surface area (Å²) in [6, 6.07) is 81.0. The summed E-state index contributed by atoms with van der Waals surface area (Å²) in [6.07, 6.45) is 0. The van der Waals surface area contributed by atoms with E-state index in [4.69, 9.17) is 8.83 Å². The average Bonchev–Trinajstić information content (AvgIpc) is 3.97. The van der Waals surface area contributed by atoms with Crippen LogP contribution in [0.3, 0.4) is 0 Å². The summed E-state index contributed by atoms with van der Waals surface area (Å²) < 4.78 is 13.5.